The van der Waals surface area contributed by atoms with Crippen LogP contribution in [0.15, 0.2) is 29.8 Å². The van der Waals surface area contributed by atoms with E-state index in [4.69, 9.17) is 0 Å². The largest absolute Gasteiger partial charge is 0.288 e. The van der Waals surface area contributed by atoms with Gasteiger partial charge in [-0.2, -0.15) is 4.98 Å². The van der Waals surface area contributed by atoms with Crippen molar-refractivity contribution >= 4 is 23.2 Å². The fourth-order valence-electron chi connectivity index (χ4n) is 1.73. The Morgan fingerprint density at radius 2 is 2.10 bits per heavy atom. The SMILES string of the molecule is Cc1ncsc1C(=O)Nc1n[nH]c(-c2ccc(F)cc2)n1. The number of H-pyrrole nitrogens is 1. The molecule has 0 aliphatic rings. The number of aryl methyl sites for hydroxylation is 1. The highest BCUT2D eigenvalue weighted by atomic mass is 32.1. The predicted octanol–water partition coefficient (Wildman–Crippen LogP) is 2.63. The Kier molecular flexibility index (Phi) is 3.44. The zero-order valence-electron chi connectivity index (χ0n) is 10.9. The lowest BCUT2D eigenvalue weighted by Gasteiger charge is -1.98. The van der Waals surface area contributed by atoms with Crippen LogP contribution in [-0.2, 0) is 0 Å². The first kappa shape index (κ1) is 13.4. The van der Waals surface area contributed by atoms with E-state index in [9.17, 15) is 9.18 Å². The summed E-state index contributed by atoms with van der Waals surface area (Å²) in [6, 6.07) is 5.82. The van der Waals surface area contributed by atoms with Crippen molar-refractivity contribution in [2.45, 2.75) is 6.92 Å². The quantitative estimate of drug-likeness (QED) is 0.779. The molecule has 0 saturated heterocycles. The average molecular weight is 303 g/mol. The number of aromatic amines is 1. The van der Waals surface area contributed by atoms with Gasteiger partial charge in [-0.15, -0.1) is 16.4 Å². The average Bonchev–Trinajstić information content (AvgIpc) is 3.09. The van der Waals surface area contributed by atoms with Gasteiger partial charge in [-0.3, -0.25) is 15.2 Å². The predicted molar refractivity (Wildman–Crippen MR) is 76.6 cm³/mol. The highest BCUT2D eigenvalue weighted by Crippen LogP contribution is 2.18. The number of benzene rings is 1. The molecule has 0 radical (unpaired) electrons. The molecule has 1 aromatic carbocycles. The van der Waals surface area contributed by atoms with E-state index in [1.54, 1.807) is 24.6 Å². The first-order valence-corrected chi connectivity index (χ1v) is 6.91. The van der Waals surface area contributed by atoms with Crippen LogP contribution in [0.5, 0.6) is 0 Å². The summed E-state index contributed by atoms with van der Waals surface area (Å²) in [5.74, 6) is -0.0226. The van der Waals surface area contributed by atoms with Crippen LogP contribution in [0.2, 0.25) is 0 Å². The minimum Gasteiger partial charge on any atom is -0.288 e. The van der Waals surface area contributed by atoms with E-state index in [0.29, 0.717) is 22.0 Å². The number of anilines is 1. The van der Waals surface area contributed by atoms with Crippen molar-refractivity contribution in [3.8, 4) is 11.4 Å². The van der Waals surface area contributed by atoms with E-state index in [1.165, 1.54) is 23.5 Å². The molecule has 2 N–H and O–H groups in total. The number of amides is 1. The maximum absolute atomic E-state index is 12.9. The van der Waals surface area contributed by atoms with Crippen molar-refractivity contribution in [3.05, 3.63) is 46.2 Å². The van der Waals surface area contributed by atoms with Crippen LogP contribution in [0, 0.1) is 12.7 Å². The van der Waals surface area contributed by atoms with Crippen LogP contribution in [0.25, 0.3) is 11.4 Å². The van der Waals surface area contributed by atoms with Crippen LogP contribution in [0.4, 0.5) is 10.3 Å². The van der Waals surface area contributed by atoms with Gasteiger partial charge in [-0.25, -0.2) is 9.37 Å². The van der Waals surface area contributed by atoms with Gasteiger partial charge in [0, 0.05) is 5.56 Å². The summed E-state index contributed by atoms with van der Waals surface area (Å²) in [5, 5.41) is 9.20. The fraction of sp³-hybridized carbons (Fsp3) is 0.0769. The molecule has 106 valence electrons. The second-order valence-electron chi connectivity index (χ2n) is 4.24. The summed E-state index contributed by atoms with van der Waals surface area (Å²) in [5.41, 5.74) is 2.94. The van der Waals surface area contributed by atoms with Crippen molar-refractivity contribution in [3.63, 3.8) is 0 Å². The molecule has 8 heteroatoms. The van der Waals surface area contributed by atoms with Gasteiger partial charge in [0.2, 0.25) is 5.95 Å². The van der Waals surface area contributed by atoms with Gasteiger partial charge in [0.1, 0.15) is 10.7 Å². The number of carbonyl (C=O) groups is 1. The van der Waals surface area contributed by atoms with Gasteiger partial charge >= 0.3 is 0 Å². The van der Waals surface area contributed by atoms with Crippen LogP contribution in [0.1, 0.15) is 15.4 Å². The van der Waals surface area contributed by atoms with Crippen LogP contribution < -0.4 is 5.32 Å². The Balaban J connectivity index is 1.78. The molecule has 0 spiro atoms. The maximum Gasteiger partial charge on any atom is 0.270 e. The number of rotatable bonds is 3. The number of nitrogens with one attached hydrogen (secondary N) is 2. The third kappa shape index (κ3) is 2.79. The van der Waals surface area contributed by atoms with Crippen molar-refractivity contribution in [2.24, 2.45) is 0 Å². The molecule has 0 aliphatic carbocycles. The summed E-state index contributed by atoms with van der Waals surface area (Å²) >= 11 is 1.25. The molecular weight excluding hydrogens is 293 g/mol. The van der Waals surface area contributed by atoms with Gasteiger partial charge in [-0.1, -0.05) is 0 Å². The lowest BCUT2D eigenvalue weighted by molar-refractivity contribution is 0.102. The molecular formula is C13H10FN5OS. The standard InChI is InChI=1S/C13H10FN5OS/c1-7-10(21-6-15-7)12(20)17-13-16-11(18-19-13)8-2-4-9(14)5-3-8/h2-6H,1H3,(H2,16,17,18,19,20). The van der Waals surface area contributed by atoms with Gasteiger partial charge in [0.05, 0.1) is 11.2 Å². The molecule has 1 amide bonds. The van der Waals surface area contributed by atoms with Crippen molar-refractivity contribution in [1.29, 1.82) is 0 Å². The van der Waals surface area contributed by atoms with Crippen LogP contribution >= 0.6 is 11.3 Å². The van der Waals surface area contributed by atoms with Gasteiger partial charge in [0.25, 0.3) is 5.91 Å². The number of nitrogens with zero attached hydrogens (tertiary/aromatic N) is 3. The zero-order chi connectivity index (χ0) is 14.8. The summed E-state index contributed by atoms with van der Waals surface area (Å²) in [7, 11) is 0. The minimum atomic E-state index is -0.326. The van der Waals surface area contributed by atoms with Crippen LogP contribution in [-0.4, -0.2) is 26.1 Å². The van der Waals surface area contributed by atoms with Crippen molar-refractivity contribution < 1.29 is 9.18 Å². The highest BCUT2D eigenvalue weighted by molar-refractivity contribution is 7.12. The summed E-state index contributed by atoms with van der Waals surface area (Å²) in [4.78, 5) is 20.7. The second-order valence-corrected chi connectivity index (χ2v) is 5.09. The smallest absolute Gasteiger partial charge is 0.270 e. The Bertz CT molecular complexity index is 780. The molecule has 3 aromatic rings. The minimum absolute atomic E-state index is 0.159. The summed E-state index contributed by atoms with van der Waals surface area (Å²) in [6.07, 6.45) is 0. The molecule has 0 saturated carbocycles. The Morgan fingerprint density at radius 1 is 1.33 bits per heavy atom. The van der Waals surface area contributed by atoms with Crippen molar-refractivity contribution in [2.75, 3.05) is 5.32 Å². The number of hydrogen-bond donors (Lipinski definition) is 2. The molecule has 3 rings (SSSR count). The van der Waals surface area contributed by atoms with E-state index >= 15 is 0 Å². The zero-order valence-corrected chi connectivity index (χ0v) is 11.7. The van der Waals surface area contributed by atoms with E-state index < -0.39 is 0 Å². The monoisotopic (exact) mass is 303 g/mol. The fourth-order valence-corrected chi connectivity index (χ4v) is 2.43. The van der Waals surface area contributed by atoms with Gasteiger partial charge < -0.3 is 0 Å². The highest BCUT2D eigenvalue weighted by Gasteiger charge is 2.14. The molecule has 6 nitrogen and oxygen atoms in total. The number of carbonyl (C=O) groups excluding carboxylic acids is 1. The second kappa shape index (κ2) is 5.41. The lowest BCUT2D eigenvalue weighted by Crippen LogP contribution is -2.12. The van der Waals surface area contributed by atoms with Gasteiger partial charge in [0.15, 0.2) is 5.82 Å². The van der Waals surface area contributed by atoms with E-state index in [0.717, 1.165) is 0 Å². The molecule has 21 heavy (non-hydrogen) atoms. The molecule has 0 fully saturated rings. The number of aromatic nitrogens is 4. The van der Waals surface area contributed by atoms with E-state index in [-0.39, 0.29) is 17.7 Å². The maximum atomic E-state index is 12.9. The third-order valence-electron chi connectivity index (χ3n) is 2.78. The Labute approximate surface area is 123 Å². The van der Waals surface area contributed by atoms with Crippen molar-refractivity contribution in [1.82, 2.24) is 20.2 Å². The normalized spacial score (nSPS) is 10.6. The summed E-state index contributed by atoms with van der Waals surface area (Å²) < 4.78 is 12.9. The Morgan fingerprint density at radius 3 is 2.76 bits per heavy atom. The molecule has 0 atom stereocenters. The van der Waals surface area contributed by atoms with E-state index in [1.807, 2.05) is 0 Å². The number of thiazole rings is 1. The first-order chi connectivity index (χ1) is 10.1. The molecule has 0 bridgehead atoms. The first-order valence-electron chi connectivity index (χ1n) is 6.03. The number of hydrogen-bond acceptors (Lipinski definition) is 5. The molecule has 2 heterocycles. The number of halogens is 1. The molecule has 0 unspecified atom stereocenters. The molecule has 0 aliphatic heterocycles. The van der Waals surface area contributed by atoms with Crippen LogP contribution in [0.3, 0.4) is 0 Å². The lowest BCUT2D eigenvalue weighted by atomic mass is 10.2. The topological polar surface area (TPSA) is 83.6 Å². The summed E-state index contributed by atoms with van der Waals surface area (Å²) in [6.45, 7) is 1.76. The van der Waals surface area contributed by atoms with E-state index in [2.05, 4.69) is 25.5 Å². The third-order valence-corrected chi connectivity index (χ3v) is 3.71. The van der Waals surface area contributed by atoms with Gasteiger partial charge in [-0.05, 0) is 31.2 Å². The Hall–Kier alpha value is -2.61. The molecule has 2 aromatic heterocycles.